The number of para-hydroxylation sites is 1. The topological polar surface area (TPSA) is 64.1 Å². The number of hydrogen-bond donors (Lipinski definition) is 1. The van der Waals surface area contributed by atoms with Gasteiger partial charge in [-0.25, -0.2) is 0 Å². The molecule has 0 fully saturated rings. The van der Waals surface area contributed by atoms with Crippen LogP contribution in [0.2, 0.25) is 5.15 Å². The standard InChI is InChI=1S/C14H14ClN3O2/c1-2-10-5-3-4-6-11(10)20-9-14(19)16-13-8-7-12(15)17-18-13/h3-8H,2,9H2,1H3,(H,16,18,19). The fourth-order valence-electron chi connectivity index (χ4n) is 1.64. The normalized spacial score (nSPS) is 10.1. The minimum absolute atomic E-state index is 0.0820. The minimum atomic E-state index is -0.299. The van der Waals surface area contributed by atoms with Crippen molar-refractivity contribution in [2.24, 2.45) is 0 Å². The van der Waals surface area contributed by atoms with Crippen LogP contribution < -0.4 is 10.1 Å². The summed E-state index contributed by atoms with van der Waals surface area (Å²) in [5, 5.41) is 10.2. The van der Waals surface area contributed by atoms with Gasteiger partial charge in [-0.05, 0) is 30.2 Å². The first-order valence-corrected chi connectivity index (χ1v) is 6.56. The van der Waals surface area contributed by atoms with Gasteiger partial charge in [-0.3, -0.25) is 4.79 Å². The Morgan fingerprint density at radius 1 is 1.25 bits per heavy atom. The van der Waals surface area contributed by atoms with Crippen LogP contribution in [-0.2, 0) is 11.2 Å². The summed E-state index contributed by atoms with van der Waals surface area (Å²) in [6, 6.07) is 10.8. The Balaban J connectivity index is 1.90. The Bertz CT molecular complexity index is 587. The Morgan fingerprint density at radius 3 is 2.75 bits per heavy atom. The number of halogens is 1. The molecular weight excluding hydrogens is 278 g/mol. The lowest BCUT2D eigenvalue weighted by molar-refractivity contribution is -0.118. The SMILES string of the molecule is CCc1ccccc1OCC(=O)Nc1ccc(Cl)nn1. The molecule has 2 rings (SSSR count). The van der Waals surface area contributed by atoms with Crippen molar-refractivity contribution in [3.63, 3.8) is 0 Å². The van der Waals surface area contributed by atoms with Gasteiger partial charge in [-0.1, -0.05) is 36.7 Å². The smallest absolute Gasteiger partial charge is 0.263 e. The maximum atomic E-state index is 11.7. The summed E-state index contributed by atoms with van der Waals surface area (Å²) in [6.07, 6.45) is 0.848. The van der Waals surface area contributed by atoms with Crippen molar-refractivity contribution >= 4 is 23.3 Å². The van der Waals surface area contributed by atoms with Gasteiger partial charge in [-0.2, -0.15) is 0 Å². The molecular formula is C14H14ClN3O2. The Hall–Kier alpha value is -2.14. The van der Waals surface area contributed by atoms with E-state index in [0.717, 1.165) is 12.0 Å². The molecule has 20 heavy (non-hydrogen) atoms. The van der Waals surface area contributed by atoms with E-state index < -0.39 is 0 Å². The van der Waals surface area contributed by atoms with E-state index in [0.29, 0.717) is 11.6 Å². The van der Waals surface area contributed by atoms with Crippen LogP contribution in [0.25, 0.3) is 0 Å². The number of carbonyl (C=O) groups excluding carboxylic acids is 1. The van der Waals surface area contributed by atoms with Gasteiger partial charge in [0.1, 0.15) is 5.75 Å². The van der Waals surface area contributed by atoms with E-state index in [1.54, 1.807) is 12.1 Å². The number of carbonyl (C=O) groups is 1. The number of aryl methyl sites for hydroxylation is 1. The van der Waals surface area contributed by atoms with E-state index in [-0.39, 0.29) is 17.7 Å². The van der Waals surface area contributed by atoms with Crippen LogP contribution in [0.1, 0.15) is 12.5 Å². The van der Waals surface area contributed by atoms with Crippen molar-refractivity contribution < 1.29 is 9.53 Å². The Labute approximate surface area is 121 Å². The van der Waals surface area contributed by atoms with Gasteiger partial charge < -0.3 is 10.1 Å². The average Bonchev–Trinajstić information content (AvgIpc) is 2.48. The molecule has 0 aliphatic rings. The van der Waals surface area contributed by atoms with Gasteiger partial charge in [0.2, 0.25) is 0 Å². The fraction of sp³-hybridized carbons (Fsp3) is 0.214. The first-order valence-electron chi connectivity index (χ1n) is 6.19. The van der Waals surface area contributed by atoms with Crippen LogP contribution in [0.5, 0.6) is 5.75 Å². The molecule has 0 aliphatic carbocycles. The molecule has 104 valence electrons. The largest absolute Gasteiger partial charge is 0.483 e. The van der Waals surface area contributed by atoms with Gasteiger partial charge in [0.05, 0.1) is 0 Å². The van der Waals surface area contributed by atoms with E-state index in [4.69, 9.17) is 16.3 Å². The van der Waals surface area contributed by atoms with Crippen molar-refractivity contribution in [2.45, 2.75) is 13.3 Å². The number of aromatic nitrogens is 2. The molecule has 0 spiro atoms. The molecule has 1 aromatic carbocycles. The molecule has 1 amide bonds. The monoisotopic (exact) mass is 291 g/mol. The molecule has 0 saturated carbocycles. The van der Waals surface area contributed by atoms with Crippen molar-refractivity contribution in [3.05, 3.63) is 47.1 Å². The molecule has 0 bridgehead atoms. The zero-order valence-electron chi connectivity index (χ0n) is 11.0. The number of ether oxygens (including phenoxy) is 1. The van der Waals surface area contributed by atoms with Crippen LogP contribution in [0.4, 0.5) is 5.82 Å². The van der Waals surface area contributed by atoms with Crippen LogP contribution in [0, 0.1) is 0 Å². The second-order valence-corrected chi connectivity index (χ2v) is 4.43. The van der Waals surface area contributed by atoms with Crippen LogP contribution in [0.15, 0.2) is 36.4 Å². The molecule has 2 aromatic rings. The van der Waals surface area contributed by atoms with Crippen LogP contribution in [-0.4, -0.2) is 22.7 Å². The highest BCUT2D eigenvalue weighted by Crippen LogP contribution is 2.18. The number of amides is 1. The molecule has 0 radical (unpaired) electrons. The third kappa shape index (κ3) is 3.93. The van der Waals surface area contributed by atoms with Crippen LogP contribution in [0.3, 0.4) is 0 Å². The van der Waals surface area contributed by atoms with Gasteiger partial charge in [0, 0.05) is 0 Å². The first kappa shape index (κ1) is 14.3. The maximum absolute atomic E-state index is 11.7. The highest BCUT2D eigenvalue weighted by Gasteiger charge is 2.07. The minimum Gasteiger partial charge on any atom is -0.483 e. The van der Waals surface area contributed by atoms with Crippen molar-refractivity contribution in [1.29, 1.82) is 0 Å². The lowest BCUT2D eigenvalue weighted by Gasteiger charge is -2.10. The molecule has 0 atom stereocenters. The maximum Gasteiger partial charge on any atom is 0.263 e. The number of nitrogens with one attached hydrogen (secondary N) is 1. The van der Waals surface area contributed by atoms with Crippen LogP contribution >= 0.6 is 11.6 Å². The van der Waals surface area contributed by atoms with E-state index in [1.807, 2.05) is 31.2 Å². The third-order valence-electron chi connectivity index (χ3n) is 2.61. The molecule has 0 saturated heterocycles. The highest BCUT2D eigenvalue weighted by molar-refractivity contribution is 6.29. The Kier molecular flexibility index (Phi) is 4.90. The second-order valence-electron chi connectivity index (χ2n) is 4.04. The number of benzene rings is 1. The quantitative estimate of drug-likeness (QED) is 0.920. The van der Waals surface area contributed by atoms with Crippen molar-refractivity contribution in [3.8, 4) is 5.75 Å². The first-order chi connectivity index (χ1) is 9.69. The van der Waals surface area contributed by atoms with E-state index in [1.165, 1.54) is 0 Å². The van der Waals surface area contributed by atoms with E-state index >= 15 is 0 Å². The number of nitrogens with zero attached hydrogens (tertiary/aromatic N) is 2. The lowest BCUT2D eigenvalue weighted by Crippen LogP contribution is -2.21. The summed E-state index contributed by atoms with van der Waals surface area (Å²) >= 11 is 5.61. The van der Waals surface area contributed by atoms with Gasteiger partial charge in [0.25, 0.3) is 5.91 Å². The van der Waals surface area contributed by atoms with Crippen molar-refractivity contribution in [1.82, 2.24) is 10.2 Å². The molecule has 1 N–H and O–H groups in total. The summed E-state index contributed by atoms with van der Waals surface area (Å²) < 4.78 is 5.50. The van der Waals surface area contributed by atoms with Gasteiger partial charge in [-0.15, -0.1) is 10.2 Å². The molecule has 0 unspecified atom stereocenters. The molecule has 5 nitrogen and oxygen atoms in total. The summed E-state index contributed by atoms with van der Waals surface area (Å²) in [5.74, 6) is 0.756. The number of hydrogen-bond acceptors (Lipinski definition) is 4. The van der Waals surface area contributed by atoms with Crippen molar-refractivity contribution in [2.75, 3.05) is 11.9 Å². The predicted octanol–water partition coefficient (Wildman–Crippen LogP) is 2.71. The zero-order chi connectivity index (χ0) is 14.4. The average molecular weight is 292 g/mol. The third-order valence-corrected chi connectivity index (χ3v) is 2.81. The molecule has 0 aliphatic heterocycles. The molecule has 1 aromatic heterocycles. The Morgan fingerprint density at radius 2 is 2.05 bits per heavy atom. The summed E-state index contributed by atoms with van der Waals surface area (Å²) in [4.78, 5) is 11.7. The molecule has 1 heterocycles. The predicted molar refractivity (Wildman–Crippen MR) is 77.0 cm³/mol. The summed E-state index contributed by atoms with van der Waals surface area (Å²) in [7, 11) is 0. The van der Waals surface area contributed by atoms with E-state index in [9.17, 15) is 4.79 Å². The van der Waals surface area contributed by atoms with Gasteiger partial charge in [0.15, 0.2) is 17.6 Å². The lowest BCUT2D eigenvalue weighted by atomic mass is 10.1. The molecule has 6 heteroatoms. The second kappa shape index (κ2) is 6.86. The highest BCUT2D eigenvalue weighted by atomic mass is 35.5. The zero-order valence-corrected chi connectivity index (χ0v) is 11.7. The van der Waals surface area contributed by atoms with E-state index in [2.05, 4.69) is 15.5 Å². The van der Waals surface area contributed by atoms with Gasteiger partial charge >= 0.3 is 0 Å². The summed E-state index contributed by atoms with van der Waals surface area (Å²) in [6.45, 7) is 1.95. The summed E-state index contributed by atoms with van der Waals surface area (Å²) in [5.41, 5.74) is 1.06. The fourth-order valence-corrected chi connectivity index (χ4v) is 1.74. The number of rotatable bonds is 5. The number of anilines is 1.